The Bertz CT molecular complexity index is 377. The van der Waals surface area contributed by atoms with Gasteiger partial charge in [0, 0.05) is 12.4 Å². The van der Waals surface area contributed by atoms with Crippen LogP contribution < -0.4 is 5.32 Å². The Kier molecular flexibility index (Phi) is 7.15. The molecule has 0 bridgehead atoms. The van der Waals surface area contributed by atoms with Crippen molar-refractivity contribution in [3.8, 4) is 0 Å². The number of halogens is 1. The largest absolute Gasteiger partial charge is 0.355 e. The first-order valence-electron chi connectivity index (χ1n) is 7.06. The van der Waals surface area contributed by atoms with Crippen molar-refractivity contribution in [1.29, 1.82) is 0 Å². The molecule has 0 aromatic carbocycles. The van der Waals surface area contributed by atoms with Crippen LogP contribution in [0.25, 0.3) is 0 Å². The zero-order chi connectivity index (χ0) is 14.3. The van der Waals surface area contributed by atoms with Crippen LogP contribution in [0.4, 0.5) is 0 Å². The lowest BCUT2D eigenvalue weighted by atomic mass is 10.0. The summed E-state index contributed by atoms with van der Waals surface area (Å²) in [4.78, 5) is 12.0. The molecular formula is C13H24ClNO3S. The van der Waals surface area contributed by atoms with E-state index in [1.54, 1.807) is 0 Å². The lowest BCUT2D eigenvalue weighted by molar-refractivity contribution is -0.121. The van der Waals surface area contributed by atoms with Gasteiger partial charge >= 0.3 is 0 Å². The van der Waals surface area contributed by atoms with E-state index in [0.717, 1.165) is 25.7 Å². The fraction of sp³-hybridized carbons (Fsp3) is 0.923. The molecule has 6 heteroatoms. The first kappa shape index (κ1) is 16.8. The third-order valence-electron chi connectivity index (χ3n) is 3.65. The highest BCUT2D eigenvalue weighted by molar-refractivity contribution is 7.92. The average Bonchev–Trinajstić information content (AvgIpc) is 2.35. The average molecular weight is 310 g/mol. The molecule has 1 N–H and O–H groups in total. The van der Waals surface area contributed by atoms with Gasteiger partial charge in [0.25, 0.3) is 0 Å². The Labute approximate surface area is 121 Å². The van der Waals surface area contributed by atoms with E-state index in [9.17, 15) is 13.2 Å². The van der Waals surface area contributed by atoms with E-state index < -0.39 is 15.1 Å². The first-order valence-corrected chi connectivity index (χ1v) is 9.31. The Morgan fingerprint density at radius 1 is 1.37 bits per heavy atom. The maximum atomic E-state index is 12.0. The minimum absolute atomic E-state index is 0.144. The first-order chi connectivity index (χ1) is 9.01. The molecule has 0 spiro atoms. The van der Waals surface area contributed by atoms with Crippen molar-refractivity contribution < 1.29 is 13.2 Å². The number of carbonyl (C=O) groups is 1. The van der Waals surface area contributed by atoms with E-state index >= 15 is 0 Å². The van der Waals surface area contributed by atoms with Crippen molar-refractivity contribution in [2.45, 2.75) is 50.7 Å². The highest BCUT2D eigenvalue weighted by Gasteiger charge is 2.34. The summed E-state index contributed by atoms with van der Waals surface area (Å²) in [7, 11) is -3.23. The lowest BCUT2D eigenvalue weighted by Gasteiger charge is -2.23. The van der Waals surface area contributed by atoms with E-state index in [1.807, 2.05) is 0 Å². The van der Waals surface area contributed by atoms with Crippen LogP contribution in [0.15, 0.2) is 0 Å². The van der Waals surface area contributed by atoms with Crippen molar-refractivity contribution in [3.05, 3.63) is 0 Å². The molecule has 0 aliphatic carbocycles. The van der Waals surface area contributed by atoms with Crippen LogP contribution in [-0.2, 0) is 14.6 Å². The zero-order valence-corrected chi connectivity index (χ0v) is 13.1. The van der Waals surface area contributed by atoms with Crippen molar-refractivity contribution in [2.75, 3.05) is 18.2 Å². The molecule has 0 radical (unpaired) electrons. The fourth-order valence-electron chi connectivity index (χ4n) is 2.52. The molecule has 2 atom stereocenters. The SMILES string of the molecule is CCCC(CCCl)CNC(=O)C1CCCCS1(=O)=O. The van der Waals surface area contributed by atoms with Gasteiger partial charge in [0.2, 0.25) is 5.91 Å². The van der Waals surface area contributed by atoms with Gasteiger partial charge in [-0.1, -0.05) is 19.8 Å². The van der Waals surface area contributed by atoms with E-state index in [0.29, 0.717) is 31.2 Å². The minimum Gasteiger partial charge on any atom is -0.355 e. The van der Waals surface area contributed by atoms with Gasteiger partial charge < -0.3 is 5.32 Å². The predicted molar refractivity (Wildman–Crippen MR) is 78.2 cm³/mol. The molecule has 1 amide bonds. The molecule has 2 unspecified atom stereocenters. The third kappa shape index (κ3) is 5.30. The number of sulfone groups is 1. The van der Waals surface area contributed by atoms with Crippen molar-refractivity contribution in [2.24, 2.45) is 5.92 Å². The Hall–Kier alpha value is -0.290. The number of amides is 1. The van der Waals surface area contributed by atoms with Crippen LogP contribution in [-0.4, -0.2) is 37.8 Å². The van der Waals surface area contributed by atoms with Gasteiger partial charge in [-0.25, -0.2) is 8.42 Å². The van der Waals surface area contributed by atoms with Crippen LogP contribution in [0.3, 0.4) is 0 Å². The predicted octanol–water partition coefficient (Wildman–Crippen LogP) is 2.12. The minimum atomic E-state index is -3.23. The molecule has 19 heavy (non-hydrogen) atoms. The van der Waals surface area contributed by atoms with Crippen LogP contribution in [0, 0.1) is 5.92 Å². The summed E-state index contributed by atoms with van der Waals surface area (Å²) in [6, 6.07) is 0. The molecule has 1 saturated heterocycles. The van der Waals surface area contributed by atoms with E-state index in [2.05, 4.69) is 12.2 Å². The number of carbonyl (C=O) groups excluding carboxylic acids is 1. The number of alkyl halides is 1. The number of hydrogen-bond acceptors (Lipinski definition) is 3. The Morgan fingerprint density at radius 3 is 2.68 bits per heavy atom. The second-order valence-electron chi connectivity index (χ2n) is 5.23. The zero-order valence-electron chi connectivity index (χ0n) is 11.5. The molecule has 1 heterocycles. The van der Waals surface area contributed by atoms with Gasteiger partial charge in [0.15, 0.2) is 9.84 Å². The van der Waals surface area contributed by atoms with Gasteiger partial charge in [-0.3, -0.25) is 4.79 Å². The summed E-state index contributed by atoms with van der Waals surface area (Å²) >= 11 is 5.73. The summed E-state index contributed by atoms with van der Waals surface area (Å²) in [6.45, 7) is 2.63. The molecule has 0 aromatic rings. The monoisotopic (exact) mass is 309 g/mol. The summed E-state index contributed by atoms with van der Waals surface area (Å²) in [5.41, 5.74) is 0. The van der Waals surface area contributed by atoms with E-state index in [-0.39, 0.29) is 11.7 Å². The summed E-state index contributed by atoms with van der Waals surface area (Å²) < 4.78 is 23.7. The maximum Gasteiger partial charge on any atom is 0.238 e. The number of nitrogens with one attached hydrogen (secondary N) is 1. The Balaban J connectivity index is 2.49. The molecule has 0 aromatic heterocycles. The molecule has 1 fully saturated rings. The van der Waals surface area contributed by atoms with E-state index in [1.165, 1.54) is 0 Å². The lowest BCUT2D eigenvalue weighted by Crippen LogP contribution is -2.44. The highest BCUT2D eigenvalue weighted by atomic mass is 35.5. The van der Waals surface area contributed by atoms with Crippen molar-refractivity contribution in [1.82, 2.24) is 5.32 Å². The van der Waals surface area contributed by atoms with Gasteiger partial charge in [-0.05, 0) is 31.6 Å². The molecule has 1 aliphatic heterocycles. The molecule has 0 saturated carbocycles. The Morgan fingerprint density at radius 2 is 2.11 bits per heavy atom. The molecular weight excluding hydrogens is 286 g/mol. The summed E-state index contributed by atoms with van der Waals surface area (Å²) in [6.07, 6.45) is 4.85. The summed E-state index contributed by atoms with van der Waals surface area (Å²) in [5, 5.41) is 1.97. The van der Waals surface area contributed by atoms with Crippen molar-refractivity contribution in [3.63, 3.8) is 0 Å². The topological polar surface area (TPSA) is 63.2 Å². The van der Waals surface area contributed by atoms with Gasteiger partial charge in [-0.2, -0.15) is 0 Å². The second kappa shape index (κ2) is 8.10. The van der Waals surface area contributed by atoms with Gasteiger partial charge in [0.05, 0.1) is 5.75 Å². The fourth-order valence-corrected chi connectivity index (χ4v) is 4.65. The quantitative estimate of drug-likeness (QED) is 0.733. The highest BCUT2D eigenvalue weighted by Crippen LogP contribution is 2.20. The van der Waals surface area contributed by atoms with Crippen LogP contribution >= 0.6 is 11.6 Å². The standard InChI is InChI=1S/C13H24ClNO3S/c1-2-5-11(7-8-14)10-15-13(16)12-6-3-4-9-19(12,17)18/h11-12H,2-10H2,1H3,(H,15,16). The van der Waals surface area contributed by atoms with Crippen LogP contribution in [0.1, 0.15) is 45.4 Å². The third-order valence-corrected chi connectivity index (χ3v) is 6.04. The summed E-state index contributed by atoms with van der Waals surface area (Å²) in [5.74, 6) is 0.737. The van der Waals surface area contributed by atoms with Gasteiger partial charge in [0.1, 0.15) is 5.25 Å². The van der Waals surface area contributed by atoms with Crippen molar-refractivity contribution >= 4 is 27.3 Å². The molecule has 112 valence electrons. The molecule has 1 aliphatic rings. The second-order valence-corrected chi connectivity index (χ2v) is 7.91. The maximum absolute atomic E-state index is 12.0. The number of rotatable bonds is 7. The molecule has 4 nitrogen and oxygen atoms in total. The van der Waals surface area contributed by atoms with Gasteiger partial charge in [-0.15, -0.1) is 11.6 Å². The van der Waals surface area contributed by atoms with Crippen LogP contribution in [0.2, 0.25) is 0 Å². The van der Waals surface area contributed by atoms with Crippen LogP contribution in [0.5, 0.6) is 0 Å². The smallest absolute Gasteiger partial charge is 0.238 e. The molecule has 1 rings (SSSR count). The normalized spacial score (nSPS) is 23.8. The van der Waals surface area contributed by atoms with E-state index in [4.69, 9.17) is 11.6 Å². The number of hydrogen-bond donors (Lipinski definition) is 1.